The van der Waals surface area contributed by atoms with Crippen LogP contribution >= 0.6 is 0 Å². The van der Waals surface area contributed by atoms with Crippen LogP contribution in [0.3, 0.4) is 0 Å². The molecule has 0 saturated carbocycles. The summed E-state index contributed by atoms with van der Waals surface area (Å²) in [6.45, 7) is 2.34. The standard InChI is InChI=1S/C20H19NO7/c1-13(21-28-14(2)23)19(24)15-3-7-17(8-4-15)27-18-9-5-16(6-10-18)20(25)26-12-11-22/h3-10,22H,11-12H2,1-2H3. The van der Waals surface area contributed by atoms with E-state index < -0.39 is 11.9 Å². The van der Waals surface area contributed by atoms with Gasteiger partial charge in [0.1, 0.15) is 23.8 Å². The number of carbonyl (C=O) groups excluding carboxylic acids is 3. The fourth-order valence-corrected chi connectivity index (χ4v) is 2.07. The molecular weight excluding hydrogens is 366 g/mol. The number of hydrogen-bond donors (Lipinski definition) is 1. The second-order valence-electron chi connectivity index (χ2n) is 5.60. The number of ketones is 1. The van der Waals surface area contributed by atoms with Crippen molar-refractivity contribution < 1.29 is 33.8 Å². The van der Waals surface area contributed by atoms with E-state index in [2.05, 4.69) is 9.99 Å². The van der Waals surface area contributed by atoms with Crippen LogP contribution in [0.25, 0.3) is 0 Å². The van der Waals surface area contributed by atoms with Gasteiger partial charge in [-0.3, -0.25) is 4.79 Å². The Kier molecular flexibility index (Phi) is 7.41. The summed E-state index contributed by atoms with van der Waals surface area (Å²) in [5.41, 5.74) is 0.750. The van der Waals surface area contributed by atoms with Crippen LogP contribution in [0.2, 0.25) is 0 Å². The third kappa shape index (κ3) is 6.03. The molecule has 1 N–H and O–H groups in total. The molecule has 2 aromatic carbocycles. The van der Waals surface area contributed by atoms with Gasteiger partial charge >= 0.3 is 11.9 Å². The molecule has 0 heterocycles. The molecule has 0 aromatic heterocycles. The molecule has 8 nitrogen and oxygen atoms in total. The molecule has 2 rings (SSSR count). The van der Waals surface area contributed by atoms with E-state index in [-0.39, 0.29) is 24.7 Å². The molecule has 8 heteroatoms. The number of nitrogens with zero attached hydrogens (tertiary/aromatic N) is 1. The van der Waals surface area contributed by atoms with E-state index in [1.807, 2.05) is 0 Å². The third-order valence-electron chi connectivity index (χ3n) is 3.41. The van der Waals surface area contributed by atoms with Crippen LogP contribution in [0, 0.1) is 0 Å². The lowest BCUT2D eigenvalue weighted by Crippen LogP contribution is -2.11. The SMILES string of the molecule is CC(=O)ON=C(C)C(=O)c1ccc(Oc2ccc(C(=O)OCCO)cc2)cc1. The number of carbonyl (C=O) groups is 3. The minimum atomic E-state index is -0.608. The minimum Gasteiger partial charge on any atom is -0.460 e. The predicted molar refractivity (Wildman–Crippen MR) is 99.5 cm³/mol. The zero-order valence-corrected chi connectivity index (χ0v) is 15.4. The molecular formula is C20H19NO7. The second kappa shape index (κ2) is 9.98. The molecule has 0 atom stereocenters. The zero-order chi connectivity index (χ0) is 20.5. The Hall–Kier alpha value is -3.52. The van der Waals surface area contributed by atoms with E-state index >= 15 is 0 Å². The maximum Gasteiger partial charge on any atom is 0.338 e. The summed E-state index contributed by atoms with van der Waals surface area (Å²) in [6, 6.07) is 12.6. The smallest absolute Gasteiger partial charge is 0.338 e. The highest BCUT2D eigenvalue weighted by Gasteiger charge is 2.11. The van der Waals surface area contributed by atoms with Crippen LogP contribution in [-0.4, -0.2) is 41.8 Å². The summed E-state index contributed by atoms with van der Waals surface area (Å²) in [7, 11) is 0. The Morgan fingerprint density at radius 2 is 1.43 bits per heavy atom. The molecule has 0 spiro atoms. The Labute approximate surface area is 161 Å². The molecule has 0 saturated heterocycles. The molecule has 0 radical (unpaired) electrons. The fourth-order valence-electron chi connectivity index (χ4n) is 2.07. The number of esters is 1. The number of rotatable bonds is 8. The average molecular weight is 385 g/mol. The molecule has 0 aliphatic rings. The van der Waals surface area contributed by atoms with E-state index in [0.29, 0.717) is 22.6 Å². The van der Waals surface area contributed by atoms with Crippen LogP contribution < -0.4 is 4.74 Å². The van der Waals surface area contributed by atoms with E-state index in [4.69, 9.17) is 14.6 Å². The largest absolute Gasteiger partial charge is 0.460 e. The van der Waals surface area contributed by atoms with Crippen molar-refractivity contribution in [3.63, 3.8) is 0 Å². The normalized spacial score (nSPS) is 10.9. The first-order valence-electron chi connectivity index (χ1n) is 8.33. The third-order valence-corrected chi connectivity index (χ3v) is 3.41. The molecule has 146 valence electrons. The summed E-state index contributed by atoms with van der Waals surface area (Å²) < 4.78 is 10.5. The van der Waals surface area contributed by atoms with Gasteiger partial charge in [-0.05, 0) is 55.5 Å². The first-order chi connectivity index (χ1) is 13.4. The van der Waals surface area contributed by atoms with Crippen LogP contribution in [0.5, 0.6) is 11.5 Å². The van der Waals surface area contributed by atoms with E-state index in [1.54, 1.807) is 48.5 Å². The number of ether oxygens (including phenoxy) is 2. The first-order valence-corrected chi connectivity index (χ1v) is 8.33. The van der Waals surface area contributed by atoms with Crippen molar-refractivity contribution in [1.82, 2.24) is 0 Å². The van der Waals surface area contributed by atoms with Crippen molar-refractivity contribution >= 4 is 23.4 Å². The fraction of sp³-hybridized carbons (Fsp3) is 0.200. The first kappa shape index (κ1) is 20.8. The number of aliphatic hydroxyl groups excluding tert-OH is 1. The summed E-state index contributed by atoms with van der Waals surface area (Å²) in [5, 5.41) is 12.1. The van der Waals surface area contributed by atoms with E-state index in [1.165, 1.54) is 13.8 Å². The summed E-state index contributed by atoms with van der Waals surface area (Å²) in [5.74, 6) is -0.538. The van der Waals surface area contributed by atoms with Crippen molar-refractivity contribution in [3.8, 4) is 11.5 Å². The van der Waals surface area contributed by atoms with Crippen molar-refractivity contribution in [2.45, 2.75) is 13.8 Å². The number of oxime groups is 1. The van der Waals surface area contributed by atoms with Crippen molar-refractivity contribution in [3.05, 3.63) is 59.7 Å². The zero-order valence-electron chi connectivity index (χ0n) is 15.4. The molecule has 0 fully saturated rings. The van der Waals surface area contributed by atoms with Gasteiger partial charge in [0.2, 0.25) is 5.78 Å². The highest BCUT2D eigenvalue weighted by atomic mass is 16.7. The number of benzene rings is 2. The number of hydrogen-bond acceptors (Lipinski definition) is 8. The molecule has 0 aliphatic heterocycles. The Morgan fingerprint density at radius 1 is 0.893 bits per heavy atom. The quantitative estimate of drug-likeness (QED) is 0.244. The average Bonchev–Trinajstić information content (AvgIpc) is 2.70. The molecule has 0 bridgehead atoms. The molecule has 28 heavy (non-hydrogen) atoms. The highest BCUT2D eigenvalue weighted by molar-refractivity contribution is 6.45. The Bertz CT molecular complexity index is 870. The lowest BCUT2D eigenvalue weighted by Gasteiger charge is -2.08. The van der Waals surface area contributed by atoms with Gasteiger partial charge in [0.25, 0.3) is 0 Å². The highest BCUT2D eigenvalue weighted by Crippen LogP contribution is 2.22. The maximum atomic E-state index is 12.2. The van der Waals surface area contributed by atoms with Gasteiger partial charge in [-0.1, -0.05) is 5.16 Å². The van der Waals surface area contributed by atoms with Crippen LogP contribution in [0.15, 0.2) is 53.7 Å². The van der Waals surface area contributed by atoms with Gasteiger partial charge in [-0.15, -0.1) is 0 Å². The van der Waals surface area contributed by atoms with Crippen molar-refractivity contribution in [2.24, 2.45) is 5.16 Å². The minimum absolute atomic E-state index is 0.0486. The predicted octanol–water partition coefficient (Wildman–Crippen LogP) is 2.75. The molecule has 2 aromatic rings. The summed E-state index contributed by atoms with van der Waals surface area (Å²) in [4.78, 5) is 39.0. The monoisotopic (exact) mass is 385 g/mol. The van der Waals surface area contributed by atoms with Gasteiger partial charge in [0.05, 0.1) is 12.2 Å². The number of Topliss-reactive ketones (excluding diaryl/α,β-unsaturated/α-hetero) is 1. The summed E-state index contributed by atoms with van der Waals surface area (Å²) in [6.07, 6.45) is 0. The Balaban J connectivity index is 2.00. The summed E-state index contributed by atoms with van der Waals surface area (Å²) >= 11 is 0. The van der Waals surface area contributed by atoms with E-state index in [0.717, 1.165) is 0 Å². The molecule has 0 amide bonds. The van der Waals surface area contributed by atoms with Gasteiger partial charge in [0, 0.05) is 12.5 Å². The maximum absolute atomic E-state index is 12.2. The van der Waals surface area contributed by atoms with Crippen molar-refractivity contribution in [2.75, 3.05) is 13.2 Å². The van der Waals surface area contributed by atoms with Gasteiger partial charge < -0.3 is 19.4 Å². The van der Waals surface area contributed by atoms with Gasteiger partial charge in [-0.25, -0.2) is 9.59 Å². The topological polar surface area (TPSA) is 111 Å². The van der Waals surface area contributed by atoms with Crippen LogP contribution in [0.1, 0.15) is 34.6 Å². The van der Waals surface area contributed by atoms with Crippen LogP contribution in [0.4, 0.5) is 0 Å². The molecule has 0 unspecified atom stereocenters. The van der Waals surface area contributed by atoms with E-state index in [9.17, 15) is 14.4 Å². The lowest BCUT2D eigenvalue weighted by atomic mass is 10.1. The number of aliphatic hydroxyl groups is 1. The van der Waals surface area contributed by atoms with Crippen LogP contribution in [-0.2, 0) is 14.4 Å². The lowest BCUT2D eigenvalue weighted by molar-refractivity contribution is -0.140. The van der Waals surface area contributed by atoms with Gasteiger partial charge in [0.15, 0.2) is 0 Å². The molecule has 0 aliphatic carbocycles. The Morgan fingerprint density at radius 3 is 1.93 bits per heavy atom. The second-order valence-corrected chi connectivity index (χ2v) is 5.60. The van der Waals surface area contributed by atoms with Gasteiger partial charge in [-0.2, -0.15) is 0 Å². The van der Waals surface area contributed by atoms with Crippen molar-refractivity contribution in [1.29, 1.82) is 0 Å².